The Bertz CT molecular complexity index is 1410. The van der Waals surface area contributed by atoms with E-state index in [1.54, 1.807) is 6.33 Å². The van der Waals surface area contributed by atoms with Crippen molar-refractivity contribution >= 4 is 22.2 Å². The van der Waals surface area contributed by atoms with Crippen molar-refractivity contribution in [3.63, 3.8) is 0 Å². The molecule has 6 rings (SSSR count). The highest BCUT2D eigenvalue weighted by Crippen LogP contribution is 2.36. The number of rotatable bonds is 8. The quantitative estimate of drug-likeness (QED) is 0.331. The lowest BCUT2D eigenvalue weighted by molar-refractivity contribution is 0.228. The molecule has 0 radical (unpaired) electrons. The van der Waals surface area contributed by atoms with Gasteiger partial charge in [-0.15, -0.1) is 0 Å². The van der Waals surface area contributed by atoms with Crippen molar-refractivity contribution in [2.24, 2.45) is 5.92 Å². The van der Waals surface area contributed by atoms with Gasteiger partial charge in [0.05, 0.1) is 23.8 Å². The van der Waals surface area contributed by atoms with E-state index in [0.717, 1.165) is 93.1 Å². The Hall–Kier alpha value is -3.04. The molecule has 0 N–H and O–H groups in total. The van der Waals surface area contributed by atoms with E-state index in [4.69, 9.17) is 14.7 Å². The van der Waals surface area contributed by atoms with Crippen LogP contribution in [0.5, 0.6) is 5.88 Å². The second-order valence-electron chi connectivity index (χ2n) is 11.3. The molecule has 202 valence electrons. The van der Waals surface area contributed by atoms with Crippen LogP contribution >= 0.6 is 0 Å². The maximum atomic E-state index is 6.39. The maximum Gasteiger partial charge on any atom is 0.199 e. The summed E-state index contributed by atoms with van der Waals surface area (Å²) in [5.41, 5.74) is 8.45. The Morgan fingerprint density at radius 1 is 0.921 bits per heavy atom. The smallest absolute Gasteiger partial charge is 0.199 e. The van der Waals surface area contributed by atoms with Crippen LogP contribution in [-0.4, -0.2) is 86.3 Å². The zero-order valence-electron chi connectivity index (χ0n) is 23.1. The second kappa shape index (κ2) is 11.0. The van der Waals surface area contributed by atoms with Gasteiger partial charge in [-0.25, -0.2) is 15.0 Å². The molecule has 9 nitrogen and oxygen atoms in total. The van der Waals surface area contributed by atoms with E-state index in [1.165, 1.54) is 36.1 Å². The monoisotopic (exact) mass is 516 g/mol. The average Bonchev–Trinajstić information content (AvgIpc) is 3.13. The summed E-state index contributed by atoms with van der Waals surface area (Å²) in [7, 11) is 6.47. The molecular formula is C29H40N8O. The van der Waals surface area contributed by atoms with E-state index >= 15 is 0 Å². The van der Waals surface area contributed by atoms with E-state index in [0.29, 0.717) is 5.92 Å². The van der Waals surface area contributed by atoms with Crippen LogP contribution in [0.25, 0.3) is 22.2 Å². The van der Waals surface area contributed by atoms with Crippen LogP contribution in [0.15, 0.2) is 24.9 Å². The standard InChI is InChI=1S/C29H40N8O/c1-34(2)12-14-37-25-18-30-20-33-26(25)23-17-21(9-16-38-29(23)37)19-35(3)13-15-36-24-8-6-4-5-7-22(24)27-28(36)32-11-10-31-27/h10-11,18,20-21H,4-9,12-17,19H2,1-3H3. The van der Waals surface area contributed by atoms with Gasteiger partial charge in [0.25, 0.3) is 0 Å². The molecule has 5 heterocycles. The molecule has 1 aliphatic carbocycles. The number of hydrogen-bond donors (Lipinski definition) is 0. The molecule has 4 aromatic heterocycles. The van der Waals surface area contributed by atoms with Gasteiger partial charge in [0.2, 0.25) is 0 Å². The molecule has 0 saturated carbocycles. The minimum absolute atomic E-state index is 0.516. The summed E-state index contributed by atoms with van der Waals surface area (Å²) in [6.45, 7) is 5.53. The highest BCUT2D eigenvalue weighted by atomic mass is 16.5. The first-order chi connectivity index (χ1) is 18.6. The van der Waals surface area contributed by atoms with Crippen LogP contribution < -0.4 is 4.74 Å². The highest BCUT2D eigenvalue weighted by molar-refractivity contribution is 5.82. The SMILES string of the molecule is CN(C)CCn1c2c(c3ncncc31)CC(CN(C)CCn1c3c(c4nccnc41)CCCCC3)CCO2. The van der Waals surface area contributed by atoms with Gasteiger partial charge in [0.1, 0.15) is 11.8 Å². The minimum Gasteiger partial charge on any atom is -0.479 e. The number of hydrogen-bond acceptors (Lipinski definition) is 7. The number of aryl methyl sites for hydroxylation is 1. The molecule has 0 fully saturated rings. The lowest BCUT2D eigenvalue weighted by Crippen LogP contribution is -2.30. The van der Waals surface area contributed by atoms with E-state index in [9.17, 15) is 0 Å². The van der Waals surface area contributed by atoms with Gasteiger partial charge in [0.15, 0.2) is 11.5 Å². The van der Waals surface area contributed by atoms with E-state index in [-0.39, 0.29) is 0 Å². The third-order valence-corrected chi connectivity index (χ3v) is 8.31. The lowest BCUT2D eigenvalue weighted by atomic mass is 9.97. The molecule has 1 unspecified atom stereocenters. The van der Waals surface area contributed by atoms with Crippen LogP contribution in [0.3, 0.4) is 0 Å². The fourth-order valence-electron chi connectivity index (χ4n) is 6.40. The summed E-state index contributed by atoms with van der Waals surface area (Å²) in [6, 6.07) is 0. The molecule has 1 atom stereocenters. The highest BCUT2D eigenvalue weighted by Gasteiger charge is 2.27. The molecule has 0 amide bonds. The van der Waals surface area contributed by atoms with Gasteiger partial charge in [0, 0.05) is 61.9 Å². The van der Waals surface area contributed by atoms with Gasteiger partial charge in [-0.3, -0.25) is 4.98 Å². The minimum atomic E-state index is 0.516. The molecule has 4 aromatic rings. The maximum absolute atomic E-state index is 6.39. The molecule has 0 spiro atoms. The van der Waals surface area contributed by atoms with Crippen LogP contribution in [0.4, 0.5) is 0 Å². The number of fused-ring (bicyclic) bond motifs is 6. The summed E-state index contributed by atoms with van der Waals surface area (Å²) in [6.07, 6.45) is 15.4. The van der Waals surface area contributed by atoms with Crippen molar-refractivity contribution in [2.45, 2.75) is 58.0 Å². The topological polar surface area (TPSA) is 77.1 Å². The first-order valence-electron chi connectivity index (χ1n) is 14.2. The Kier molecular flexibility index (Phi) is 7.30. The first-order valence-corrected chi connectivity index (χ1v) is 14.2. The summed E-state index contributed by atoms with van der Waals surface area (Å²) in [5.74, 6) is 1.51. The molecule has 9 heteroatoms. The van der Waals surface area contributed by atoms with Gasteiger partial charge in [-0.05, 0) is 65.6 Å². The normalized spacial score (nSPS) is 18.0. The molecule has 0 bridgehead atoms. The van der Waals surface area contributed by atoms with Gasteiger partial charge in [-0.1, -0.05) is 6.42 Å². The fourth-order valence-corrected chi connectivity index (χ4v) is 6.40. The zero-order chi connectivity index (χ0) is 26.1. The fraction of sp³-hybridized carbons (Fsp3) is 0.586. The second-order valence-corrected chi connectivity index (χ2v) is 11.3. The number of ether oxygens (including phenoxy) is 1. The Labute approximate surface area is 224 Å². The van der Waals surface area contributed by atoms with Crippen LogP contribution in [0.2, 0.25) is 0 Å². The van der Waals surface area contributed by atoms with Crippen molar-refractivity contribution in [3.8, 4) is 5.88 Å². The zero-order valence-corrected chi connectivity index (χ0v) is 23.1. The summed E-state index contributed by atoms with van der Waals surface area (Å²) in [4.78, 5) is 23.2. The van der Waals surface area contributed by atoms with Crippen LogP contribution in [-0.2, 0) is 32.4 Å². The Balaban J connectivity index is 1.18. The van der Waals surface area contributed by atoms with Crippen molar-refractivity contribution in [1.82, 2.24) is 38.9 Å². The summed E-state index contributed by atoms with van der Waals surface area (Å²) in [5, 5.41) is 0. The van der Waals surface area contributed by atoms with Gasteiger partial charge in [-0.2, -0.15) is 0 Å². The summed E-state index contributed by atoms with van der Waals surface area (Å²) < 4.78 is 11.1. The van der Waals surface area contributed by atoms with Gasteiger partial charge >= 0.3 is 0 Å². The number of nitrogens with zero attached hydrogens (tertiary/aromatic N) is 8. The number of aromatic nitrogens is 6. The third-order valence-electron chi connectivity index (χ3n) is 8.31. The van der Waals surface area contributed by atoms with Crippen molar-refractivity contribution in [3.05, 3.63) is 41.7 Å². The molecule has 0 saturated heterocycles. The Morgan fingerprint density at radius 2 is 1.76 bits per heavy atom. The van der Waals surface area contributed by atoms with E-state index < -0.39 is 0 Å². The first kappa shape index (κ1) is 25.2. The van der Waals surface area contributed by atoms with Crippen LogP contribution in [0, 0.1) is 5.92 Å². The Morgan fingerprint density at radius 3 is 2.66 bits per heavy atom. The molecule has 2 aliphatic rings. The molecule has 0 aromatic carbocycles. The molecule has 1 aliphatic heterocycles. The van der Waals surface area contributed by atoms with E-state index in [1.807, 2.05) is 18.6 Å². The number of likely N-dealkylation sites (N-methyl/N-ethyl adjacent to an activating group) is 2. The van der Waals surface area contributed by atoms with Crippen molar-refractivity contribution < 1.29 is 4.74 Å². The van der Waals surface area contributed by atoms with Crippen LogP contribution in [0.1, 0.15) is 42.5 Å². The predicted molar refractivity (Wildman–Crippen MR) is 150 cm³/mol. The van der Waals surface area contributed by atoms with Crippen molar-refractivity contribution in [2.75, 3.05) is 47.4 Å². The van der Waals surface area contributed by atoms with E-state index in [2.05, 4.69) is 50.0 Å². The lowest BCUT2D eigenvalue weighted by Gasteiger charge is -2.23. The average molecular weight is 517 g/mol. The summed E-state index contributed by atoms with van der Waals surface area (Å²) >= 11 is 0. The van der Waals surface area contributed by atoms with Gasteiger partial charge < -0.3 is 23.7 Å². The van der Waals surface area contributed by atoms with Crippen molar-refractivity contribution in [1.29, 1.82) is 0 Å². The molecule has 38 heavy (non-hydrogen) atoms. The predicted octanol–water partition coefficient (Wildman–Crippen LogP) is 3.58. The third kappa shape index (κ3) is 4.89. The largest absolute Gasteiger partial charge is 0.479 e. The molecular weight excluding hydrogens is 476 g/mol.